The van der Waals surface area contributed by atoms with Crippen molar-refractivity contribution in [1.29, 1.82) is 0 Å². The maximum atomic E-state index is 5.37. The lowest BCUT2D eigenvalue weighted by Crippen LogP contribution is -2.28. The lowest BCUT2D eigenvalue weighted by atomic mass is 9.93. The van der Waals surface area contributed by atoms with E-state index in [9.17, 15) is 0 Å². The molecule has 0 fully saturated rings. The molecule has 1 aliphatic rings. The lowest BCUT2D eigenvalue weighted by molar-refractivity contribution is 0.414. The highest BCUT2D eigenvalue weighted by Gasteiger charge is 2.19. The molecule has 0 radical (unpaired) electrons. The minimum Gasteiger partial charge on any atom is -0.497 e. The number of benzene rings is 2. The van der Waals surface area contributed by atoms with Crippen molar-refractivity contribution in [2.75, 3.05) is 19.4 Å². The van der Waals surface area contributed by atoms with E-state index >= 15 is 0 Å². The van der Waals surface area contributed by atoms with Gasteiger partial charge in [0.2, 0.25) is 0 Å². The van der Waals surface area contributed by atoms with Crippen LogP contribution < -0.4 is 10.1 Å². The molecule has 3 nitrogen and oxygen atoms in total. The molecule has 1 aliphatic heterocycles. The van der Waals surface area contributed by atoms with Gasteiger partial charge in [0.1, 0.15) is 5.75 Å². The van der Waals surface area contributed by atoms with Gasteiger partial charge >= 0.3 is 0 Å². The first kappa shape index (κ1) is 16.9. The minimum atomic E-state index is 0.210. The molecule has 0 aliphatic carbocycles. The molecule has 1 unspecified atom stereocenters. The molecule has 0 spiro atoms. The zero-order valence-electron chi connectivity index (χ0n) is 14.5. The highest BCUT2D eigenvalue weighted by Crippen LogP contribution is 2.27. The van der Waals surface area contributed by atoms with Crippen LogP contribution in [0.15, 0.2) is 47.5 Å². The van der Waals surface area contributed by atoms with E-state index in [1.54, 1.807) is 7.11 Å². The maximum Gasteiger partial charge on any atom is 0.157 e. The zero-order valence-corrected chi connectivity index (χ0v) is 15.3. The van der Waals surface area contributed by atoms with E-state index in [-0.39, 0.29) is 6.04 Å². The molecule has 4 heteroatoms. The van der Waals surface area contributed by atoms with Crippen LogP contribution in [0.5, 0.6) is 5.75 Å². The second-order valence-electron chi connectivity index (χ2n) is 6.08. The van der Waals surface area contributed by atoms with Crippen molar-refractivity contribution in [3.05, 3.63) is 64.7 Å². The van der Waals surface area contributed by atoms with Gasteiger partial charge in [0, 0.05) is 5.75 Å². The second kappa shape index (κ2) is 7.75. The molecule has 2 aromatic rings. The van der Waals surface area contributed by atoms with Crippen molar-refractivity contribution >= 4 is 16.9 Å². The summed E-state index contributed by atoms with van der Waals surface area (Å²) in [6, 6.07) is 15.1. The quantitative estimate of drug-likeness (QED) is 0.881. The van der Waals surface area contributed by atoms with E-state index in [0.717, 1.165) is 29.6 Å². The molecular formula is C20H24N2OS. The molecule has 3 rings (SSSR count). The average Bonchev–Trinajstić information content (AvgIpc) is 3.10. The summed E-state index contributed by atoms with van der Waals surface area (Å²) in [6.45, 7) is 5.28. The summed E-state index contributed by atoms with van der Waals surface area (Å²) in [5.41, 5.74) is 5.27. The molecule has 1 N–H and O–H groups in total. The van der Waals surface area contributed by atoms with Crippen LogP contribution in [0.3, 0.4) is 0 Å². The topological polar surface area (TPSA) is 33.6 Å². The van der Waals surface area contributed by atoms with Crippen molar-refractivity contribution in [2.24, 2.45) is 4.99 Å². The lowest BCUT2D eigenvalue weighted by Gasteiger charge is -2.23. The Morgan fingerprint density at radius 2 is 2.04 bits per heavy atom. The fourth-order valence-electron chi connectivity index (χ4n) is 3.00. The van der Waals surface area contributed by atoms with Crippen molar-refractivity contribution in [3.8, 4) is 5.75 Å². The Balaban J connectivity index is 1.90. The number of hydrogen-bond donors (Lipinski definition) is 1. The number of aryl methyl sites for hydroxylation is 1. The third kappa shape index (κ3) is 3.93. The highest BCUT2D eigenvalue weighted by atomic mass is 32.2. The van der Waals surface area contributed by atoms with Gasteiger partial charge in [0.05, 0.1) is 19.7 Å². The van der Waals surface area contributed by atoms with Crippen LogP contribution in [0.4, 0.5) is 0 Å². The molecular weight excluding hydrogens is 316 g/mol. The largest absolute Gasteiger partial charge is 0.497 e. The normalized spacial score (nSPS) is 15.0. The van der Waals surface area contributed by atoms with Gasteiger partial charge in [0.15, 0.2) is 5.17 Å². The Bertz CT molecular complexity index is 742. The second-order valence-corrected chi connectivity index (χ2v) is 7.16. The number of ether oxygens (including phenoxy) is 1. The summed E-state index contributed by atoms with van der Waals surface area (Å²) in [5, 5.41) is 4.72. The zero-order chi connectivity index (χ0) is 16.9. The molecule has 0 saturated carbocycles. The van der Waals surface area contributed by atoms with Gasteiger partial charge in [-0.3, -0.25) is 4.99 Å². The van der Waals surface area contributed by atoms with Crippen LogP contribution in [0.2, 0.25) is 0 Å². The van der Waals surface area contributed by atoms with Gasteiger partial charge in [-0.2, -0.15) is 0 Å². The summed E-state index contributed by atoms with van der Waals surface area (Å²) < 4.78 is 5.37. The van der Waals surface area contributed by atoms with Gasteiger partial charge in [0.25, 0.3) is 0 Å². The van der Waals surface area contributed by atoms with Crippen LogP contribution in [0, 0.1) is 13.8 Å². The first-order valence-corrected chi connectivity index (χ1v) is 9.29. The number of amidine groups is 1. The number of rotatable bonds is 5. The van der Waals surface area contributed by atoms with Crippen LogP contribution in [0.1, 0.15) is 28.3 Å². The van der Waals surface area contributed by atoms with Gasteiger partial charge < -0.3 is 10.1 Å². The van der Waals surface area contributed by atoms with Gasteiger partial charge in [-0.1, -0.05) is 42.1 Å². The highest BCUT2D eigenvalue weighted by molar-refractivity contribution is 8.14. The predicted octanol–water partition coefficient (Wildman–Crippen LogP) is 4.29. The number of nitrogens with one attached hydrogen (secondary N) is 1. The van der Waals surface area contributed by atoms with Gasteiger partial charge in [-0.25, -0.2) is 0 Å². The Morgan fingerprint density at radius 1 is 1.21 bits per heavy atom. The third-order valence-corrected chi connectivity index (χ3v) is 5.39. The summed E-state index contributed by atoms with van der Waals surface area (Å²) in [4.78, 5) is 4.57. The minimum absolute atomic E-state index is 0.210. The number of hydrogen-bond acceptors (Lipinski definition) is 4. The van der Waals surface area contributed by atoms with E-state index in [2.05, 4.69) is 60.6 Å². The van der Waals surface area contributed by atoms with Crippen LogP contribution >= 0.6 is 11.8 Å². The van der Waals surface area contributed by atoms with E-state index in [1.165, 1.54) is 22.3 Å². The summed E-state index contributed by atoms with van der Waals surface area (Å²) >= 11 is 1.81. The number of methoxy groups -OCH3 is 1. The molecule has 0 amide bonds. The molecule has 0 bridgehead atoms. The molecule has 1 atom stereocenters. The van der Waals surface area contributed by atoms with Gasteiger partial charge in [-0.05, 0) is 54.7 Å². The third-order valence-electron chi connectivity index (χ3n) is 4.48. The number of nitrogens with zero attached hydrogens (tertiary/aromatic N) is 1. The smallest absolute Gasteiger partial charge is 0.157 e. The van der Waals surface area contributed by atoms with Crippen molar-refractivity contribution in [2.45, 2.75) is 26.3 Å². The molecule has 1 heterocycles. The summed E-state index contributed by atoms with van der Waals surface area (Å²) in [7, 11) is 1.71. The molecule has 2 aromatic carbocycles. The summed E-state index contributed by atoms with van der Waals surface area (Å²) in [5.74, 6) is 1.97. The number of thioether (sulfide) groups is 1. The summed E-state index contributed by atoms with van der Waals surface area (Å²) in [6.07, 6.45) is 0.904. The molecule has 0 saturated heterocycles. The maximum absolute atomic E-state index is 5.37. The van der Waals surface area contributed by atoms with E-state index in [1.807, 2.05) is 17.8 Å². The Morgan fingerprint density at radius 3 is 2.79 bits per heavy atom. The van der Waals surface area contributed by atoms with Crippen LogP contribution in [-0.2, 0) is 6.42 Å². The first-order valence-electron chi connectivity index (χ1n) is 8.30. The first-order chi connectivity index (χ1) is 11.7. The fourth-order valence-corrected chi connectivity index (χ4v) is 3.78. The monoisotopic (exact) mass is 340 g/mol. The SMILES string of the molecule is COc1cccc(CC(NC2=NCCS2)c2cccc(C)c2C)c1. The average molecular weight is 340 g/mol. The Hall–Kier alpha value is -1.94. The van der Waals surface area contributed by atoms with Crippen LogP contribution in [-0.4, -0.2) is 24.6 Å². The molecule has 0 aromatic heterocycles. The van der Waals surface area contributed by atoms with E-state index < -0.39 is 0 Å². The molecule has 126 valence electrons. The molecule has 24 heavy (non-hydrogen) atoms. The Labute approximate surface area is 148 Å². The predicted molar refractivity (Wildman–Crippen MR) is 103 cm³/mol. The fraction of sp³-hybridized carbons (Fsp3) is 0.350. The Kier molecular flexibility index (Phi) is 5.46. The van der Waals surface area contributed by atoms with Crippen LogP contribution in [0.25, 0.3) is 0 Å². The standard InChI is InChI=1S/C20H24N2OS/c1-14-6-4-9-18(15(14)2)19(22-20-21-10-11-24-20)13-16-7-5-8-17(12-16)23-3/h4-9,12,19H,10-11,13H2,1-3H3,(H,21,22). The van der Waals surface area contributed by atoms with Crippen molar-refractivity contribution in [1.82, 2.24) is 5.32 Å². The van der Waals surface area contributed by atoms with E-state index in [0.29, 0.717) is 0 Å². The van der Waals surface area contributed by atoms with Crippen molar-refractivity contribution in [3.63, 3.8) is 0 Å². The van der Waals surface area contributed by atoms with E-state index in [4.69, 9.17) is 4.74 Å². The van der Waals surface area contributed by atoms with Gasteiger partial charge in [-0.15, -0.1) is 0 Å². The number of aliphatic imine (C=N–C) groups is 1. The van der Waals surface area contributed by atoms with Crippen molar-refractivity contribution < 1.29 is 4.74 Å².